The molecule has 9 nitrogen and oxygen atoms in total. The molecule has 2 N–H and O–H groups in total. The minimum atomic E-state index is -0.650. The van der Waals surface area contributed by atoms with E-state index < -0.39 is 11.7 Å². The third-order valence-corrected chi connectivity index (χ3v) is 5.65. The van der Waals surface area contributed by atoms with Crippen LogP contribution in [0.4, 0.5) is 15.8 Å². The van der Waals surface area contributed by atoms with Gasteiger partial charge < -0.3 is 19.9 Å². The van der Waals surface area contributed by atoms with Crippen LogP contribution in [-0.4, -0.2) is 56.7 Å². The predicted molar refractivity (Wildman–Crippen MR) is 122 cm³/mol. The van der Waals surface area contributed by atoms with E-state index in [4.69, 9.17) is 0 Å². The first kappa shape index (κ1) is 21.0. The molecule has 2 atom stereocenters. The molecule has 1 aliphatic heterocycles. The zero-order valence-corrected chi connectivity index (χ0v) is 18.1. The Kier molecular flexibility index (Phi) is 5.21. The largest absolute Gasteiger partial charge is 0.367 e. The van der Waals surface area contributed by atoms with Crippen LogP contribution < -0.4 is 15.5 Å². The Balaban J connectivity index is 1.49. The van der Waals surface area contributed by atoms with Gasteiger partial charge in [0.2, 0.25) is 0 Å². The molecule has 5 rings (SSSR count). The van der Waals surface area contributed by atoms with E-state index >= 15 is 0 Å². The topological polar surface area (TPSA) is 105 Å². The van der Waals surface area contributed by atoms with Crippen LogP contribution in [0.25, 0.3) is 16.7 Å². The highest BCUT2D eigenvalue weighted by Crippen LogP contribution is 2.28. The van der Waals surface area contributed by atoms with Gasteiger partial charge in [-0.1, -0.05) is 0 Å². The van der Waals surface area contributed by atoms with E-state index in [0.717, 1.165) is 18.8 Å². The van der Waals surface area contributed by atoms with Crippen LogP contribution in [0.1, 0.15) is 34.7 Å². The maximum Gasteiger partial charge on any atom is 0.257 e. The fourth-order valence-electron chi connectivity index (χ4n) is 4.40. The lowest BCUT2D eigenvalue weighted by Crippen LogP contribution is -2.54. The molecule has 10 heteroatoms. The summed E-state index contributed by atoms with van der Waals surface area (Å²) in [5.41, 5.74) is 2.70. The van der Waals surface area contributed by atoms with Crippen molar-refractivity contribution in [3.63, 3.8) is 0 Å². The Labute approximate surface area is 188 Å². The van der Waals surface area contributed by atoms with Crippen molar-refractivity contribution >= 4 is 40.2 Å². The maximum absolute atomic E-state index is 14.4. The van der Waals surface area contributed by atoms with E-state index in [1.54, 1.807) is 18.5 Å². The Morgan fingerprint density at radius 2 is 1.88 bits per heavy atom. The predicted octanol–water partition coefficient (Wildman–Crippen LogP) is 2.67. The molecule has 0 aliphatic carbocycles. The number of aromatic nitrogens is 4. The van der Waals surface area contributed by atoms with Gasteiger partial charge in [0, 0.05) is 56.0 Å². The second kappa shape index (κ2) is 8.21. The second-order valence-corrected chi connectivity index (χ2v) is 8.30. The van der Waals surface area contributed by atoms with E-state index in [1.165, 1.54) is 22.9 Å². The standard InChI is InChI=1S/C23H22FN7O2/c1-13-8-30(9-14(2)27-13)19-4-3-17(20-21(19)26-6-5-25-20)23(33)29-15-7-18(24)22-28-16(12-32)11-31(22)10-15/h3-7,10-14,27H,8-9H2,1-2H3,(H,29,33)/t13-,14-/m0/s1. The molecule has 1 aromatic carbocycles. The summed E-state index contributed by atoms with van der Waals surface area (Å²) in [4.78, 5) is 39.2. The number of anilines is 2. The van der Waals surface area contributed by atoms with Gasteiger partial charge in [0.25, 0.3) is 5.91 Å². The highest BCUT2D eigenvalue weighted by Gasteiger charge is 2.24. The third-order valence-electron chi connectivity index (χ3n) is 5.65. The van der Waals surface area contributed by atoms with Crippen LogP contribution in [0.3, 0.4) is 0 Å². The highest BCUT2D eigenvalue weighted by atomic mass is 19.1. The van der Waals surface area contributed by atoms with Gasteiger partial charge in [-0.25, -0.2) is 9.37 Å². The zero-order valence-electron chi connectivity index (χ0n) is 18.1. The first-order chi connectivity index (χ1) is 15.9. The summed E-state index contributed by atoms with van der Waals surface area (Å²) in [6.45, 7) is 5.89. The van der Waals surface area contributed by atoms with Gasteiger partial charge in [0.1, 0.15) is 16.7 Å². The average Bonchev–Trinajstić information content (AvgIpc) is 3.21. The van der Waals surface area contributed by atoms with Crippen LogP contribution >= 0.6 is 0 Å². The molecule has 0 spiro atoms. The summed E-state index contributed by atoms with van der Waals surface area (Å²) in [7, 11) is 0. The molecule has 0 saturated carbocycles. The van der Waals surface area contributed by atoms with Crippen molar-refractivity contribution in [3.05, 3.63) is 60.1 Å². The molecule has 0 unspecified atom stereocenters. The molecule has 33 heavy (non-hydrogen) atoms. The minimum Gasteiger partial charge on any atom is -0.367 e. The second-order valence-electron chi connectivity index (χ2n) is 8.30. The molecule has 1 saturated heterocycles. The van der Waals surface area contributed by atoms with E-state index in [-0.39, 0.29) is 17.0 Å². The monoisotopic (exact) mass is 447 g/mol. The van der Waals surface area contributed by atoms with Crippen molar-refractivity contribution in [3.8, 4) is 0 Å². The van der Waals surface area contributed by atoms with Crippen LogP contribution in [0.2, 0.25) is 0 Å². The van der Waals surface area contributed by atoms with Crippen molar-refractivity contribution in [1.29, 1.82) is 0 Å². The molecule has 4 aromatic rings. The van der Waals surface area contributed by atoms with Gasteiger partial charge in [0.15, 0.2) is 17.8 Å². The number of carbonyl (C=O) groups is 2. The average molecular weight is 447 g/mol. The minimum absolute atomic E-state index is 0.00949. The van der Waals surface area contributed by atoms with E-state index in [2.05, 4.69) is 44.3 Å². The number of nitrogens with zero attached hydrogens (tertiary/aromatic N) is 5. The normalized spacial score (nSPS) is 18.6. The number of piperazine rings is 1. The number of rotatable bonds is 4. The van der Waals surface area contributed by atoms with Crippen molar-refractivity contribution in [2.75, 3.05) is 23.3 Å². The molecule has 3 aromatic heterocycles. The number of fused-ring (bicyclic) bond motifs is 2. The number of benzene rings is 1. The third kappa shape index (κ3) is 3.89. The summed E-state index contributed by atoms with van der Waals surface area (Å²) in [6.07, 6.45) is 6.59. The fourth-order valence-corrected chi connectivity index (χ4v) is 4.40. The summed E-state index contributed by atoms with van der Waals surface area (Å²) >= 11 is 0. The maximum atomic E-state index is 14.4. The number of hydrogen-bond acceptors (Lipinski definition) is 7. The van der Waals surface area contributed by atoms with Crippen LogP contribution in [0.15, 0.2) is 43.0 Å². The molecule has 0 bridgehead atoms. The number of imidazole rings is 1. The first-order valence-corrected chi connectivity index (χ1v) is 10.6. The van der Waals surface area contributed by atoms with E-state index in [1.807, 2.05) is 6.07 Å². The molecule has 0 radical (unpaired) electrons. The lowest BCUT2D eigenvalue weighted by Gasteiger charge is -2.38. The molecule has 168 valence electrons. The van der Waals surface area contributed by atoms with Gasteiger partial charge in [0.05, 0.1) is 16.9 Å². The lowest BCUT2D eigenvalue weighted by molar-refractivity contribution is 0.102. The number of pyridine rings is 1. The molecule has 1 aliphatic rings. The Bertz CT molecular complexity index is 1380. The first-order valence-electron chi connectivity index (χ1n) is 10.6. The van der Waals surface area contributed by atoms with Crippen LogP contribution in [0, 0.1) is 5.82 Å². The molecular weight excluding hydrogens is 425 g/mol. The summed E-state index contributed by atoms with van der Waals surface area (Å²) in [5.74, 6) is -1.09. The molecule has 1 amide bonds. The Morgan fingerprint density at radius 3 is 2.61 bits per heavy atom. The number of aldehydes is 1. The van der Waals surface area contributed by atoms with Gasteiger partial charge in [-0.05, 0) is 26.0 Å². The van der Waals surface area contributed by atoms with Crippen LogP contribution in [-0.2, 0) is 0 Å². The number of halogens is 1. The van der Waals surface area contributed by atoms with Crippen molar-refractivity contribution < 1.29 is 14.0 Å². The summed E-state index contributed by atoms with van der Waals surface area (Å²) < 4.78 is 15.8. The van der Waals surface area contributed by atoms with E-state index in [0.29, 0.717) is 35.0 Å². The smallest absolute Gasteiger partial charge is 0.257 e. The zero-order chi connectivity index (χ0) is 23.1. The van der Waals surface area contributed by atoms with Crippen molar-refractivity contribution in [2.24, 2.45) is 0 Å². The molecule has 4 heterocycles. The summed E-state index contributed by atoms with van der Waals surface area (Å²) in [6, 6.07) is 5.40. The Morgan fingerprint density at radius 1 is 1.15 bits per heavy atom. The molecular formula is C23H22FN7O2. The number of nitrogens with one attached hydrogen (secondary N) is 2. The molecule has 1 fully saturated rings. The number of amides is 1. The Hall–Kier alpha value is -3.92. The van der Waals surface area contributed by atoms with Gasteiger partial charge in [-0.2, -0.15) is 0 Å². The van der Waals surface area contributed by atoms with Crippen molar-refractivity contribution in [2.45, 2.75) is 25.9 Å². The number of hydrogen-bond donors (Lipinski definition) is 2. The summed E-state index contributed by atoms with van der Waals surface area (Å²) in [5, 5.41) is 6.22. The quantitative estimate of drug-likeness (QED) is 0.464. The number of carbonyl (C=O) groups excluding carboxylic acids is 2. The van der Waals surface area contributed by atoms with Crippen LogP contribution in [0.5, 0.6) is 0 Å². The van der Waals surface area contributed by atoms with Gasteiger partial charge >= 0.3 is 0 Å². The van der Waals surface area contributed by atoms with Crippen molar-refractivity contribution in [1.82, 2.24) is 24.7 Å². The lowest BCUT2D eigenvalue weighted by atomic mass is 10.1. The fraction of sp³-hybridized carbons (Fsp3) is 0.261. The van der Waals surface area contributed by atoms with Gasteiger partial charge in [-0.15, -0.1) is 0 Å². The SMILES string of the molecule is C[C@H]1CN(c2ccc(C(=O)Nc3cc(F)c4nc(C=O)cn4c3)c3nccnc23)C[C@H](C)N1. The van der Waals surface area contributed by atoms with E-state index in [9.17, 15) is 14.0 Å². The highest BCUT2D eigenvalue weighted by molar-refractivity contribution is 6.13. The van der Waals surface area contributed by atoms with Gasteiger partial charge in [-0.3, -0.25) is 19.6 Å².